The van der Waals surface area contributed by atoms with Crippen LogP contribution >= 0.6 is 0 Å². The summed E-state index contributed by atoms with van der Waals surface area (Å²) in [5.41, 5.74) is -0.00518. The first-order chi connectivity index (χ1) is 41.3. The molecule has 37 atom stereocenters. The maximum atomic E-state index is 11.9. The fourth-order valence-electron chi connectivity index (χ4n) is 17.4. The molecule has 0 unspecified atom stereocenters. The fourth-order valence-corrected chi connectivity index (χ4v) is 17.4. The number of aliphatic hydroxyl groups excluding tert-OH is 17. The van der Waals surface area contributed by atoms with Gasteiger partial charge in [0.25, 0.3) is 0 Å². The Bertz CT molecular complexity index is 2210. The topological polar surface area (TPSA) is 455 Å². The van der Waals surface area contributed by atoms with E-state index >= 15 is 0 Å². The number of methoxy groups -OCH3 is 1. The van der Waals surface area contributed by atoms with Crippen LogP contribution in [0.4, 0.5) is 0 Å². The summed E-state index contributed by atoms with van der Waals surface area (Å²) in [7, 11) is 1.71. The maximum absolute atomic E-state index is 11.9. The Hall–Kier alpha value is -1.16. The number of rotatable bonds is 20. The summed E-state index contributed by atoms with van der Waals surface area (Å²) in [5.74, 6) is 1.15. The van der Waals surface area contributed by atoms with E-state index in [-0.39, 0.29) is 47.2 Å². The van der Waals surface area contributed by atoms with E-state index in [2.05, 4.69) is 20.8 Å². The van der Waals surface area contributed by atoms with Crippen molar-refractivity contribution in [2.45, 2.75) is 263 Å². The average molecular weight is 1260 g/mol. The van der Waals surface area contributed by atoms with Gasteiger partial charge < -0.3 is 144 Å². The van der Waals surface area contributed by atoms with Gasteiger partial charge in [0.1, 0.15) is 122 Å². The van der Waals surface area contributed by atoms with Crippen LogP contribution < -0.4 is 0 Å². The van der Waals surface area contributed by atoms with E-state index < -0.39 is 198 Å². The smallest absolute Gasteiger partial charge is 0.187 e. The molecule has 87 heavy (non-hydrogen) atoms. The van der Waals surface area contributed by atoms with Crippen molar-refractivity contribution >= 4 is 0 Å². The largest absolute Gasteiger partial charge is 0.394 e. The predicted molar refractivity (Wildman–Crippen MR) is 289 cm³/mol. The molecule has 0 aromatic rings. The Kier molecular flexibility index (Phi) is 21.8. The standard InChI is InChI=1S/C58H98O29/c1-22(21-77-51-44(72)40(68)36(64)30(16-59)79-51)8-13-58(76-5)23(2)35-29(87-58)15-28-26-7-6-24-14-25(9-11-56(24,3)27(26)10-12-57(28,35)4)78-52-47(75)43(71)48(34(20-63)83-52)84-55-50(86-54-46(74)42(70)38(66)32(18-61)81-54)49(39(67)33(19-62)82-55)85-53-45(73)41(69)37(65)31(17-60)80-53/h22-55,59-75H,6-21H2,1-5H3/t22-,23+,24-,25+,26-,27-,28-,29+,30-,31-,32-,33-,34-,35+,36-,37-,38-,39-,40+,41+,42+,43-,44-,45-,46-,47-,48-,49+,50-,51-,52-,53+,54+,55+,56-,57+,58+/m0/s1. The Balaban J connectivity index is 0.771. The second-order valence-electron chi connectivity index (χ2n) is 27.3. The second kappa shape index (κ2) is 27.7. The molecule has 6 saturated heterocycles. The maximum Gasteiger partial charge on any atom is 0.187 e. The van der Waals surface area contributed by atoms with Gasteiger partial charge in [-0.2, -0.15) is 0 Å². The number of hydrogen-bond acceptors (Lipinski definition) is 29. The van der Waals surface area contributed by atoms with E-state index in [0.717, 1.165) is 38.5 Å². The van der Waals surface area contributed by atoms with Gasteiger partial charge >= 0.3 is 0 Å². The highest BCUT2D eigenvalue weighted by atomic mass is 16.8. The molecule has 0 bridgehead atoms. The molecular weight excluding hydrogens is 1160 g/mol. The third-order valence-corrected chi connectivity index (χ3v) is 22.5. The lowest BCUT2D eigenvalue weighted by molar-refractivity contribution is -0.406. The molecule has 0 aromatic carbocycles. The summed E-state index contributed by atoms with van der Waals surface area (Å²) >= 11 is 0. The molecule has 10 aliphatic rings. The first-order valence-electron chi connectivity index (χ1n) is 31.3. The Morgan fingerprint density at radius 3 is 1.53 bits per heavy atom. The molecule has 4 saturated carbocycles. The predicted octanol–water partition coefficient (Wildman–Crippen LogP) is -5.48. The molecule has 0 aromatic heterocycles. The van der Waals surface area contributed by atoms with Crippen LogP contribution in [0.25, 0.3) is 0 Å². The molecule has 0 radical (unpaired) electrons. The van der Waals surface area contributed by atoms with Crippen molar-refractivity contribution in [3.63, 3.8) is 0 Å². The summed E-state index contributed by atoms with van der Waals surface area (Å²) in [6, 6.07) is 0. The van der Waals surface area contributed by atoms with E-state index in [1.54, 1.807) is 7.11 Å². The van der Waals surface area contributed by atoms with E-state index in [4.69, 9.17) is 56.8 Å². The van der Waals surface area contributed by atoms with Crippen LogP contribution in [0.15, 0.2) is 0 Å². The molecule has 0 spiro atoms. The van der Waals surface area contributed by atoms with Gasteiger partial charge in [-0.3, -0.25) is 0 Å². The van der Waals surface area contributed by atoms with E-state index in [9.17, 15) is 86.8 Å². The lowest BCUT2D eigenvalue weighted by Gasteiger charge is -2.61. The molecule has 10 fully saturated rings. The van der Waals surface area contributed by atoms with Gasteiger partial charge in [-0.15, -0.1) is 0 Å². The van der Waals surface area contributed by atoms with Gasteiger partial charge in [0.15, 0.2) is 37.2 Å². The normalized spacial score (nSPS) is 54.8. The molecule has 504 valence electrons. The van der Waals surface area contributed by atoms with Crippen LogP contribution in [-0.2, 0) is 56.8 Å². The number of fused-ring (bicyclic) bond motifs is 7. The van der Waals surface area contributed by atoms with Crippen LogP contribution in [-0.4, -0.2) is 305 Å². The minimum atomic E-state index is -2.06. The summed E-state index contributed by atoms with van der Waals surface area (Å²) in [4.78, 5) is 0. The highest BCUT2D eigenvalue weighted by molar-refractivity contribution is 5.15. The van der Waals surface area contributed by atoms with Crippen molar-refractivity contribution in [2.75, 3.05) is 46.8 Å². The van der Waals surface area contributed by atoms with Gasteiger partial charge in [-0.1, -0.05) is 27.7 Å². The number of aliphatic hydroxyl groups is 17. The average Bonchev–Trinajstić information content (AvgIpc) is 1.61. The van der Waals surface area contributed by atoms with Crippen LogP contribution in [0.1, 0.15) is 91.9 Å². The van der Waals surface area contributed by atoms with Crippen molar-refractivity contribution in [3.8, 4) is 0 Å². The zero-order chi connectivity index (χ0) is 62.9. The zero-order valence-electron chi connectivity index (χ0n) is 49.9. The lowest BCUT2D eigenvalue weighted by atomic mass is 9.44. The molecule has 17 N–H and O–H groups in total. The highest BCUT2D eigenvalue weighted by Gasteiger charge is 2.69. The van der Waals surface area contributed by atoms with E-state index in [1.807, 2.05) is 6.92 Å². The van der Waals surface area contributed by atoms with Gasteiger partial charge in [0.2, 0.25) is 0 Å². The molecule has 0 amide bonds. The summed E-state index contributed by atoms with van der Waals surface area (Å²) in [6.07, 6.45) is -35.2. The highest BCUT2D eigenvalue weighted by Crippen LogP contribution is 2.71. The number of ether oxygens (including phenoxy) is 12. The Morgan fingerprint density at radius 2 is 0.954 bits per heavy atom. The lowest BCUT2D eigenvalue weighted by Crippen LogP contribution is -2.68. The summed E-state index contributed by atoms with van der Waals surface area (Å²) in [6.45, 7) is 5.26. The van der Waals surface area contributed by atoms with Gasteiger partial charge in [-0.05, 0) is 104 Å². The van der Waals surface area contributed by atoms with Crippen molar-refractivity contribution in [1.29, 1.82) is 0 Å². The molecular formula is C58H98O29. The Morgan fingerprint density at radius 1 is 0.471 bits per heavy atom. The third-order valence-electron chi connectivity index (χ3n) is 22.5. The van der Waals surface area contributed by atoms with Crippen LogP contribution in [0.5, 0.6) is 0 Å². The molecule has 6 aliphatic heterocycles. The van der Waals surface area contributed by atoms with Crippen LogP contribution in [0, 0.1) is 52.3 Å². The van der Waals surface area contributed by atoms with E-state index in [1.165, 1.54) is 0 Å². The van der Waals surface area contributed by atoms with Crippen molar-refractivity contribution in [1.82, 2.24) is 0 Å². The minimum Gasteiger partial charge on any atom is -0.394 e. The van der Waals surface area contributed by atoms with Crippen molar-refractivity contribution in [2.24, 2.45) is 52.3 Å². The molecule has 10 rings (SSSR count). The van der Waals surface area contributed by atoms with Gasteiger partial charge in [0, 0.05) is 19.4 Å². The van der Waals surface area contributed by atoms with Gasteiger partial charge in [-0.25, -0.2) is 0 Å². The number of hydrogen-bond donors (Lipinski definition) is 17. The SMILES string of the molecule is CO[C@]1(CC[C@H](C)CO[C@H]2O[C@@H](CO)[C@H](O)[C@@H](O)[C@@H]2O)O[C@@H]2C[C@H]3[C@H]4CC[C@H]5C[C@H](O[C@H]6O[C@@H](CO)[C@H](O[C@H]7O[C@@H](CO)[C@H](O)[C@@H](O[C@H]8O[C@@H](CO)[C@H](O)[C@@H](O)[C@@H]8O)[C@@H]7O[C@H]7O[C@@H](CO)[C@H](O)[C@@H](O)[C@@H]7O)[C@@H](O)[C@@H]6O)CC[C@]5(C)[C@H]4CC[C@@]3(C)[C@@H]2[C@H]1C. The third kappa shape index (κ3) is 12.6. The first kappa shape index (κ1) is 68.7. The summed E-state index contributed by atoms with van der Waals surface area (Å²) < 4.78 is 72.9. The Labute approximate surface area is 504 Å². The van der Waals surface area contributed by atoms with Crippen LogP contribution in [0.3, 0.4) is 0 Å². The second-order valence-corrected chi connectivity index (χ2v) is 27.3. The monoisotopic (exact) mass is 1260 g/mol. The van der Waals surface area contributed by atoms with Gasteiger partial charge in [0.05, 0.1) is 51.8 Å². The molecule has 6 heterocycles. The molecule has 29 nitrogen and oxygen atoms in total. The molecule has 4 aliphatic carbocycles. The minimum absolute atomic E-state index is 0.0110. The van der Waals surface area contributed by atoms with Crippen molar-refractivity contribution in [3.05, 3.63) is 0 Å². The quantitative estimate of drug-likeness (QED) is 0.0506. The summed E-state index contributed by atoms with van der Waals surface area (Å²) in [5, 5.41) is 181. The zero-order valence-corrected chi connectivity index (χ0v) is 49.9. The fraction of sp³-hybridized carbons (Fsp3) is 1.00. The van der Waals surface area contributed by atoms with E-state index in [0.29, 0.717) is 43.4 Å². The molecule has 29 heteroatoms. The first-order valence-corrected chi connectivity index (χ1v) is 31.3. The van der Waals surface area contributed by atoms with Crippen molar-refractivity contribution < 1.29 is 144 Å². The van der Waals surface area contributed by atoms with Crippen LogP contribution in [0.2, 0.25) is 0 Å².